The van der Waals surface area contributed by atoms with Crippen molar-refractivity contribution in [3.05, 3.63) is 74.2 Å². The second-order valence-corrected chi connectivity index (χ2v) is 8.52. The zero-order valence-corrected chi connectivity index (χ0v) is 19.0. The third-order valence-corrected chi connectivity index (χ3v) is 6.00. The van der Waals surface area contributed by atoms with Gasteiger partial charge in [-0.3, -0.25) is 4.99 Å². The minimum absolute atomic E-state index is 0.0241. The number of nitrogens with one attached hydrogen (secondary N) is 1. The van der Waals surface area contributed by atoms with E-state index in [1.54, 1.807) is 5.38 Å². The van der Waals surface area contributed by atoms with E-state index < -0.39 is 43.7 Å². The molecule has 0 spiro atoms. The summed E-state index contributed by atoms with van der Waals surface area (Å²) in [7, 11) is 0. The van der Waals surface area contributed by atoms with Crippen LogP contribution >= 0.6 is 22.9 Å². The first-order valence-electron chi connectivity index (χ1n) is 9.78. The molecular weight excluding hydrogens is 498 g/mol. The van der Waals surface area contributed by atoms with Crippen molar-refractivity contribution in [1.82, 2.24) is 10.3 Å². The monoisotopic (exact) mass is 517 g/mol. The number of nitrogens with zero attached hydrogens (tertiary/aromatic N) is 3. The van der Waals surface area contributed by atoms with Gasteiger partial charge in [-0.2, -0.15) is 8.78 Å². The van der Waals surface area contributed by atoms with Crippen LogP contribution in [0.1, 0.15) is 23.0 Å². The molecule has 182 valence electrons. The molecule has 0 bridgehead atoms. The molecule has 1 aromatic carbocycles. The van der Waals surface area contributed by atoms with Gasteiger partial charge in [0.25, 0.3) is 0 Å². The van der Waals surface area contributed by atoms with Gasteiger partial charge in [-0.15, -0.1) is 11.3 Å². The molecule has 1 atom stereocenters. The van der Waals surface area contributed by atoms with Gasteiger partial charge in [-0.25, -0.2) is 18.8 Å². The maximum atomic E-state index is 15.1. The Morgan fingerprint density at radius 1 is 1.35 bits per heavy atom. The highest BCUT2D eigenvalue weighted by molar-refractivity contribution is 7.11. The van der Waals surface area contributed by atoms with Crippen LogP contribution in [0.2, 0.25) is 5.02 Å². The maximum absolute atomic E-state index is 15.1. The number of rotatable bonds is 9. The fraction of sp³-hybridized carbons (Fsp3) is 0.286. The average Bonchev–Trinajstić information content (AvgIpc) is 3.35. The predicted octanol–water partition coefficient (Wildman–Crippen LogP) is 3.50. The topological polar surface area (TPSA) is 116 Å². The summed E-state index contributed by atoms with van der Waals surface area (Å²) in [5.41, 5.74) is 3.62. The lowest BCUT2D eigenvalue weighted by Gasteiger charge is -2.32. The third-order valence-electron chi connectivity index (χ3n) is 4.90. The maximum Gasteiger partial charge on any atom is 0.331 e. The van der Waals surface area contributed by atoms with Gasteiger partial charge in [-0.05, 0) is 17.7 Å². The molecule has 0 unspecified atom stereocenters. The molecule has 0 amide bonds. The van der Waals surface area contributed by atoms with Gasteiger partial charge in [0.15, 0.2) is 16.5 Å². The molecule has 0 saturated heterocycles. The SMILES string of the molecule is NC=C(C=NC(F)F)C1=C(CC(F)(CO)CO)NC(c2nccs2)=N[C@H]1c1ccc(F)cc1Cl. The van der Waals surface area contributed by atoms with E-state index in [4.69, 9.17) is 17.3 Å². The first-order chi connectivity index (χ1) is 16.2. The van der Waals surface area contributed by atoms with Crippen LogP contribution in [0.25, 0.3) is 0 Å². The van der Waals surface area contributed by atoms with Crippen LogP contribution in [0.15, 0.2) is 62.8 Å². The van der Waals surface area contributed by atoms with Crippen molar-refractivity contribution in [2.24, 2.45) is 15.7 Å². The standard InChI is InChI=1S/C21H20ClF4N5O2S/c22-14-5-12(23)1-2-13(14)17-16(11(7-27)8-29-20(24)25)15(6-21(26,9-32)10-33)30-18(31-17)19-28-3-4-34-19/h1-5,7-8,17,20,32-33H,6,9-10,27H2,(H,30,31)/t17-/m0/s1. The van der Waals surface area contributed by atoms with Gasteiger partial charge in [0, 0.05) is 52.3 Å². The van der Waals surface area contributed by atoms with E-state index in [0.29, 0.717) is 5.01 Å². The number of thiazole rings is 1. The van der Waals surface area contributed by atoms with Crippen LogP contribution in [0.5, 0.6) is 0 Å². The van der Waals surface area contributed by atoms with Crippen LogP contribution in [0, 0.1) is 5.82 Å². The summed E-state index contributed by atoms with van der Waals surface area (Å²) in [6, 6.07) is 2.48. The Morgan fingerprint density at radius 2 is 2.09 bits per heavy atom. The second-order valence-electron chi connectivity index (χ2n) is 7.22. The Hall–Kier alpha value is -2.80. The zero-order valence-electron chi connectivity index (χ0n) is 17.4. The number of benzene rings is 1. The number of aliphatic imine (C=N–C) groups is 2. The molecule has 2 heterocycles. The summed E-state index contributed by atoms with van der Waals surface area (Å²) < 4.78 is 54.5. The van der Waals surface area contributed by atoms with E-state index in [1.807, 2.05) is 0 Å². The lowest BCUT2D eigenvalue weighted by Crippen LogP contribution is -2.39. The largest absolute Gasteiger partial charge is 0.404 e. The highest BCUT2D eigenvalue weighted by Crippen LogP contribution is 2.40. The summed E-state index contributed by atoms with van der Waals surface area (Å²) >= 11 is 7.50. The van der Waals surface area contributed by atoms with Crippen molar-refractivity contribution in [1.29, 1.82) is 0 Å². The van der Waals surface area contributed by atoms with Gasteiger partial charge >= 0.3 is 6.55 Å². The summed E-state index contributed by atoms with van der Waals surface area (Å²) in [6.45, 7) is -5.10. The molecule has 7 nitrogen and oxygen atoms in total. The van der Waals surface area contributed by atoms with E-state index >= 15 is 4.39 Å². The lowest BCUT2D eigenvalue weighted by molar-refractivity contribution is 0.0156. The Morgan fingerprint density at radius 3 is 2.65 bits per heavy atom. The van der Waals surface area contributed by atoms with Crippen molar-refractivity contribution >= 4 is 35.0 Å². The number of nitrogens with two attached hydrogens (primary N) is 1. The third kappa shape index (κ3) is 5.81. The van der Waals surface area contributed by atoms with Gasteiger partial charge in [0.05, 0.1) is 13.2 Å². The first-order valence-corrected chi connectivity index (χ1v) is 11.0. The number of aliphatic hydroxyl groups excluding tert-OH is 2. The fourth-order valence-electron chi connectivity index (χ4n) is 3.29. The molecule has 0 radical (unpaired) electrons. The number of hydrogen-bond acceptors (Lipinski definition) is 8. The van der Waals surface area contributed by atoms with E-state index in [9.17, 15) is 23.4 Å². The van der Waals surface area contributed by atoms with Crippen LogP contribution < -0.4 is 11.1 Å². The highest BCUT2D eigenvalue weighted by Gasteiger charge is 2.36. The van der Waals surface area contributed by atoms with Gasteiger partial charge in [-0.1, -0.05) is 17.7 Å². The number of alkyl halides is 3. The normalized spacial score (nSPS) is 17.5. The molecule has 1 aliphatic heterocycles. The van der Waals surface area contributed by atoms with E-state index in [1.165, 1.54) is 23.6 Å². The first kappa shape index (κ1) is 25.8. The number of hydrogen-bond donors (Lipinski definition) is 4. The van der Waals surface area contributed by atoms with Gasteiger partial charge in [0.2, 0.25) is 0 Å². The molecule has 0 aliphatic carbocycles. The Balaban J connectivity index is 2.27. The molecule has 1 aromatic heterocycles. The van der Waals surface area contributed by atoms with E-state index in [-0.39, 0.29) is 33.3 Å². The lowest BCUT2D eigenvalue weighted by atomic mass is 9.87. The van der Waals surface area contributed by atoms with Crippen molar-refractivity contribution in [3.63, 3.8) is 0 Å². The van der Waals surface area contributed by atoms with Crippen LogP contribution in [0.4, 0.5) is 17.6 Å². The van der Waals surface area contributed by atoms with Crippen LogP contribution in [-0.4, -0.2) is 52.7 Å². The molecule has 13 heteroatoms. The Labute approximate surface area is 201 Å². The number of halogens is 5. The highest BCUT2D eigenvalue weighted by atomic mass is 35.5. The fourth-order valence-corrected chi connectivity index (χ4v) is 4.15. The summed E-state index contributed by atoms with van der Waals surface area (Å²) in [5, 5.41) is 24.0. The molecule has 3 rings (SSSR count). The summed E-state index contributed by atoms with van der Waals surface area (Å²) in [6.07, 6.45) is 2.72. The Bertz CT molecular complexity index is 1130. The predicted molar refractivity (Wildman–Crippen MR) is 122 cm³/mol. The molecule has 1 aliphatic rings. The van der Waals surface area contributed by atoms with Crippen molar-refractivity contribution in [2.45, 2.75) is 24.7 Å². The second kappa shape index (κ2) is 11.1. The minimum atomic E-state index is -3.05. The quantitative estimate of drug-likeness (QED) is 0.231. The number of allylic oxidation sites excluding steroid dienone is 1. The smallest absolute Gasteiger partial charge is 0.331 e. The van der Waals surface area contributed by atoms with Crippen molar-refractivity contribution < 1.29 is 27.8 Å². The molecule has 2 aromatic rings. The summed E-state index contributed by atoms with van der Waals surface area (Å²) in [4.78, 5) is 11.8. The Kier molecular flexibility index (Phi) is 8.42. The van der Waals surface area contributed by atoms with Crippen LogP contribution in [0.3, 0.4) is 0 Å². The van der Waals surface area contributed by atoms with E-state index in [0.717, 1.165) is 24.5 Å². The zero-order chi connectivity index (χ0) is 24.9. The number of aliphatic hydroxyl groups is 2. The molecular formula is C21H20ClF4N5O2S. The van der Waals surface area contributed by atoms with Gasteiger partial charge < -0.3 is 21.3 Å². The van der Waals surface area contributed by atoms with Crippen molar-refractivity contribution in [2.75, 3.05) is 13.2 Å². The molecule has 5 N–H and O–H groups in total. The minimum Gasteiger partial charge on any atom is -0.404 e. The van der Waals surface area contributed by atoms with Gasteiger partial charge in [0.1, 0.15) is 11.9 Å². The molecule has 0 fully saturated rings. The molecule has 0 saturated carbocycles. The van der Waals surface area contributed by atoms with E-state index in [2.05, 4.69) is 20.3 Å². The summed E-state index contributed by atoms with van der Waals surface area (Å²) in [5.74, 6) is -0.422. The number of amidine groups is 1. The van der Waals surface area contributed by atoms with Crippen LogP contribution in [-0.2, 0) is 0 Å². The molecule has 34 heavy (non-hydrogen) atoms. The average molecular weight is 518 g/mol. The number of aromatic nitrogens is 1. The van der Waals surface area contributed by atoms with Crippen molar-refractivity contribution in [3.8, 4) is 0 Å².